The molecule has 0 saturated heterocycles. The van der Waals surface area contributed by atoms with Crippen LogP contribution in [0.25, 0.3) is 0 Å². The van der Waals surface area contributed by atoms with Crippen molar-refractivity contribution in [3.8, 4) is 6.07 Å². The lowest BCUT2D eigenvalue weighted by Gasteiger charge is -2.05. The van der Waals surface area contributed by atoms with E-state index in [0.29, 0.717) is 28.1 Å². The van der Waals surface area contributed by atoms with Crippen molar-refractivity contribution >= 4 is 23.1 Å². The van der Waals surface area contributed by atoms with Crippen LogP contribution in [0.3, 0.4) is 0 Å². The van der Waals surface area contributed by atoms with Crippen molar-refractivity contribution in [3.63, 3.8) is 0 Å². The molecule has 5 heteroatoms. The molecule has 2 aromatic carbocycles. The third-order valence-electron chi connectivity index (χ3n) is 3.70. The molecule has 1 aliphatic rings. The second-order valence-electron chi connectivity index (χ2n) is 5.35. The average Bonchev–Trinajstić information content (AvgIpc) is 2.72. The Morgan fingerprint density at radius 1 is 1.17 bits per heavy atom. The van der Waals surface area contributed by atoms with E-state index in [1.54, 1.807) is 36.4 Å². The van der Waals surface area contributed by atoms with E-state index in [-0.39, 0.29) is 18.6 Å². The van der Waals surface area contributed by atoms with Crippen LogP contribution < -0.4 is 5.73 Å². The minimum Gasteiger partial charge on any atom is -0.366 e. The van der Waals surface area contributed by atoms with Gasteiger partial charge in [-0.15, -0.1) is 0 Å². The fourth-order valence-electron chi connectivity index (χ4n) is 2.57. The quantitative estimate of drug-likeness (QED) is 0.921. The smallest absolute Gasteiger partial charge is 0.248 e. The van der Waals surface area contributed by atoms with E-state index < -0.39 is 5.91 Å². The summed E-state index contributed by atoms with van der Waals surface area (Å²) in [6.45, 7) is 0. The van der Waals surface area contributed by atoms with Crippen LogP contribution in [0.1, 0.15) is 33.5 Å². The van der Waals surface area contributed by atoms with E-state index >= 15 is 0 Å². The molecule has 0 atom stereocenters. The lowest BCUT2D eigenvalue weighted by atomic mass is 10.0. The fraction of sp³-hybridized carbons (Fsp3) is 0.111. The minimum absolute atomic E-state index is 0.00600. The first-order chi connectivity index (χ1) is 11.1. The Balaban J connectivity index is 2.10. The van der Waals surface area contributed by atoms with E-state index in [9.17, 15) is 9.59 Å². The molecule has 2 N–H and O–H groups in total. The van der Waals surface area contributed by atoms with Crippen LogP contribution in [0, 0.1) is 11.3 Å². The molecule has 1 amide bonds. The zero-order valence-electron chi connectivity index (χ0n) is 12.2. The summed E-state index contributed by atoms with van der Waals surface area (Å²) in [4.78, 5) is 28.1. The third kappa shape index (κ3) is 3.01. The molecule has 0 saturated carbocycles. The van der Waals surface area contributed by atoms with Crippen LogP contribution in [0.5, 0.6) is 0 Å². The summed E-state index contributed by atoms with van der Waals surface area (Å²) in [7, 11) is 0. The maximum atomic E-state index is 12.2. The highest BCUT2D eigenvalue weighted by Gasteiger charge is 2.19. The first-order valence-electron chi connectivity index (χ1n) is 7.09. The highest BCUT2D eigenvalue weighted by Crippen LogP contribution is 2.27. The molecule has 2 aromatic rings. The van der Waals surface area contributed by atoms with E-state index in [1.165, 1.54) is 0 Å². The largest absolute Gasteiger partial charge is 0.366 e. The molecule has 0 aromatic heterocycles. The van der Waals surface area contributed by atoms with Gasteiger partial charge in [-0.1, -0.05) is 12.1 Å². The highest BCUT2D eigenvalue weighted by atomic mass is 16.1. The predicted octanol–water partition coefficient (Wildman–Crippen LogP) is 2.29. The molecule has 0 bridgehead atoms. The molecule has 0 spiro atoms. The molecular formula is C18H13N3O2. The molecule has 112 valence electrons. The summed E-state index contributed by atoms with van der Waals surface area (Å²) in [6.07, 6.45) is 0.400. The zero-order chi connectivity index (χ0) is 16.4. The van der Waals surface area contributed by atoms with Gasteiger partial charge in [-0.25, -0.2) is 0 Å². The number of primary amides is 1. The lowest BCUT2D eigenvalue weighted by Crippen LogP contribution is -2.12. The van der Waals surface area contributed by atoms with Gasteiger partial charge in [-0.2, -0.15) is 5.26 Å². The number of hydrogen-bond donors (Lipinski definition) is 1. The summed E-state index contributed by atoms with van der Waals surface area (Å²) < 4.78 is 0. The summed E-state index contributed by atoms with van der Waals surface area (Å²) in [6, 6.07) is 14.0. The minimum atomic E-state index is -0.532. The van der Waals surface area contributed by atoms with Gasteiger partial charge in [-0.05, 0) is 41.5 Å². The Labute approximate surface area is 133 Å². The van der Waals surface area contributed by atoms with Crippen LogP contribution in [0.2, 0.25) is 0 Å². The standard InChI is InChI=1S/C18H13N3O2/c19-10-11-2-1-3-12(6-11)17-9-15(22)8-14-7-13(18(20)23)4-5-16(14)21-17/h1-7H,8-9H2,(H2,20,23). The maximum absolute atomic E-state index is 12.2. The van der Waals surface area contributed by atoms with Gasteiger partial charge < -0.3 is 5.73 Å². The Morgan fingerprint density at radius 2 is 2.00 bits per heavy atom. The van der Waals surface area contributed by atoms with Crippen molar-refractivity contribution in [3.05, 3.63) is 64.7 Å². The second-order valence-corrected chi connectivity index (χ2v) is 5.35. The third-order valence-corrected chi connectivity index (χ3v) is 3.70. The van der Waals surface area contributed by atoms with Gasteiger partial charge in [0.2, 0.25) is 5.91 Å². The normalized spacial score (nSPS) is 13.5. The highest BCUT2D eigenvalue weighted by molar-refractivity contribution is 6.13. The Hall–Kier alpha value is -3.26. The fourth-order valence-corrected chi connectivity index (χ4v) is 2.57. The lowest BCUT2D eigenvalue weighted by molar-refractivity contribution is -0.117. The average molecular weight is 303 g/mol. The van der Waals surface area contributed by atoms with Crippen molar-refractivity contribution in [2.45, 2.75) is 12.8 Å². The van der Waals surface area contributed by atoms with Gasteiger partial charge in [0, 0.05) is 18.4 Å². The van der Waals surface area contributed by atoms with Gasteiger partial charge in [0.05, 0.1) is 23.0 Å². The van der Waals surface area contributed by atoms with Gasteiger partial charge in [-0.3, -0.25) is 14.6 Å². The summed E-state index contributed by atoms with van der Waals surface area (Å²) in [5, 5.41) is 9.01. The van der Waals surface area contributed by atoms with E-state index in [4.69, 9.17) is 11.0 Å². The monoisotopic (exact) mass is 303 g/mol. The van der Waals surface area contributed by atoms with Gasteiger partial charge in [0.15, 0.2) is 0 Å². The Bertz CT molecular complexity index is 891. The molecule has 0 unspecified atom stereocenters. The van der Waals surface area contributed by atoms with Crippen molar-refractivity contribution in [2.75, 3.05) is 0 Å². The van der Waals surface area contributed by atoms with Crippen LogP contribution in [0.15, 0.2) is 47.5 Å². The van der Waals surface area contributed by atoms with E-state index in [1.807, 2.05) is 6.07 Å². The Morgan fingerprint density at radius 3 is 2.74 bits per heavy atom. The zero-order valence-corrected chi connectivity index (χ0v) is 12.2. The molecule has 5 nitrogen and oxygen atoms in total. The number of carbonyl (C=O) groups excluding carboxylic acids is 2. The maximum Gasteiger partial charge on any atom is 0.248 e. The van der Waals surface area contributed by atoms with Gasteiger partial charge >= 0.3 is 0 Å². The molecule has 0 fully saturated rings. The van der Waals surface area contributed by atoms with Gasteiger partial charge in [0.25, 0.3) is 0 Å². The first-order valence-corrected chi connectivity index (χ1v) is 7.09. The molecule has 23 heavy (non-hydrogen) atoms. The molecule has 0 radical (unpaired) electrons. The van der Waals surface area contributed by atoms with Crippen LogP contribution in [0.4, 0.5) is 5.69 Å². The van der Waals surface area contributed by atoms with E-state index in [2.05, 4.69) is 11.1 Å². The van der Waals surface area contributed by atoms with Crippen LogP contribution in [-0.2, 0) is 11.2 Å². The number of aliphatic imine (C=N–C) groups is 1. The molecule has 0 aliphatic carbocycles. The molecule has 1 aliphatic heterocycles. The number of rotatable bonds is 2. The van der Waals surface area contributed by atoms with Crippen molar-refractivity contribution in [2.24, 2.45) is 10.7 Å². The number of nitrogens with two attached hydrogens (primary N) is 1. The van der Waals surface area contributed by atoms with E-state index in [0.717, 1.165) is 5.56 Å². The van der Waals surface area contributed by atoms with Gasteiger partial charge in [0.1, 0.15) is 5.78 Å². The predicted molar refractivity (Wildman–Crippen MR) is 85.6 cm³/mol. The first kappa shape index (κ1) is 14.7. The topological polar surface area (TPSA) is 96.3 Å². The van der Waals surface area contributed by atoms with Crippen molar-refractivity contribution in [1.82, 2.24) is 0 Å². The number of amides is 1. The number of fused-ring (bicyclic) bond motifs is 1. The number of nitriles is 1. The summed E-state index contributed by atoms with van der Waals surface area (Å²) in [5.41, 5.74) is 8.88. The number of Topliss-reactive ketones (excluding diaryl/α,β-unsaturated/α-hetero) is 1. The van der Waals surface area contributed by atoms with Crippen LogP contribution >= 0.6 is 0 Å². The number of nitrogens with zero attached hydrogens (tertiary/aromatic N) is 2. The SMILES string of the molecule is N#Cc1cccc(C2=Nc3ccc(C(N)=O)cc3CC(=O)C2)c1. The summed E-state index contributed by atoms with van der Waals surface area (Å²) >= 11 is 0. The molecule has 3 rings (SSSR count). The molecular weight excluding hydrogens is 290 g/mol. The number of ketones is 1. The van der Waals surface area contributed by atoms with Crippen LogP contribution in [-0.4, -0.2) is 17.4 Å². The number of benzene rings is 2. The summed E-state index contributed by atoms with van der Waals surface area (Å²) in [5.74, 6) is -0.526. The number of hydrogen-bond acceptors (Lipinski definition) is 4. The second kappa shape index (κ2) is 5.85. The molecule has 1 heterocycles. The number of carbonyl (C=O) groups is 2. The Kier molecular flexibility index (Phi) is 3.73. The van der Waals surface area contributed by atoms with Crippen molar-refractivity contribution in [1.29, 1.82) is 5.26 Å². The van der Waals surface area contributed by atoms with Crippen molar-refractivity contribution < 1.29 is 9.59 Å².